The SMILES string of the molecule is NC(=O)[C@@H]1C[C@@H](O)CN1C(=O)[C@H](CCCCCCC[C@@H]1C[C@@H]1C(=O)O)NC(=O)OC1C[C@@H]2C[C@@H]2C1. The molecule has 1 aliphatic heterocycles. The maximum absolute atomic E-state index is 13.3. The van der Waals surface area contributed by atoms with Gasteiger partial charge in [-0.25, -0.2) is 4.79 Å². The van der Waals surface area contributed by atoms with E-state index in [2.05, 4.69) is 5.32 Å². The van der Waals surface area contributed by atoms with Crippen LogP contribution < -0.4 is 11.1 Å². The molecular formula is C25H39N3O7. The Morgan fingerprint density at radius 3 is 2.31 bits per heavy atom. The Morgan fingerprint density at radius 2 is 1.66 bits per heavy atom. The fraction of sp³-hybridized carbons (Fsp3) is 0.840. The van der Waals surface area contributed by atoms with Crippen molar-refractivity contribution < 1.29 is 34.1 Å². The van der Waals surface area contributed by atoms with E-state index in [0.29, 0.717) is 30.6 Å². The van der Waals surface area contributed by atoms with Gasteiger partial charge in [-0.2, -0.15) is 0 Å². The van der Waals surface area contributed by atoms with Crippen molar-refractivity contribution in [2.75, 3.05) is 6.54 Å². The molecule has 0 spiro atoms. The summed E-state index contributed by atoms with van der Waals surface area (Å²) in [6.07, 6.45) is 8.25. The molecule has 0 radical (unpaired) electrons. The van der Waals surface area contributed by atoms with E-state index < -0.39 is 42.1 Å². The predicted octanol–water partition coefficient (Wildman–Crippen LogP) is 1.78. The number of carbonyl (C=O) groups excluding carboxylic acids is 3. The summed E-state index contributed by atoms with van der Waals surface area (Å²) in [5, 5.41) is 21.7. The van der Waals surface area contributed by atoms with Gasteiger partial charge in [0.15, 0.2) is 0 Å². The summed E-state index contributed by atoms with van der Waals surface area (Å²) in [5.74, 6) is -0.261. The zero-order chi connectivity index (χ0) is 25.1. The number of aliphatic hydroxyl groups excluding tert-OH is 1. The molecule has 0 aromatic rings. The number of fused-ring (bicyclic) bond motifs is 1. The Kier molecular flexibility index (Phi) is 8.19. The molecule has 4 rings (SSSR count). The van der Waals surface area contributed by atoms with Crippen molar-refractivity contribution in [3.8, 4) is 0 Å². The minimum Gasteiger partial charge on any atom is -0.481 e. The van der Waals surface area contributed by atoms with Crippen molar-refractivity contribution >= 4 is 23.9 Å². The third-order valence-corrected chi connectivity index (χ3v) is 8.26. The van der Waals surface area contributed by atoms with E-state index >= 15 is 0 Å². The molecule has 1 unspecified atom stereocenters. The van der Waals surface area contributed by atoms with Gasteiger partial charge in [-0.3, -0.25) is 14.4 Å². The van der Waals surface area contributed by atoms with Crippen LogP contribution in [0.4, 0.5) is 4.79 Å². The molecule has 3 amide bonds. The van der Waals surface area contributed by atoms with E-state index in [1.165, 1.54) is 11.3 Å². The lowest BCUT2D eigenvalue weighted by Crippen LogP contribution is -2.53. The summed E-state index contributed by atoms with van der Waals surface area (Å²) < 4.78 is 5.56. The molecule has 4 fully saturated rings. The number of nitrogens with two attached hydrogens (primary N) is 1. The number of alkyl carbamates (subject to hydrolysis) is 1. The van der Waals surface area contributed by atoms with Crippen LogP contribution in [0, 0.1) is 23.7 Å². The van der Waals surface area contributed by atoms with Gasteiger partial charge >= 0.3 is 12.1 Å². The van der Waals surface area contributed by atoms with Crippen LogP contribution in [0.5, 0.6) is 0 Å². The van der Waals surface area contributed by atoms with Crippen LogP contribution in [0.2, 0.25) is 0 Å². The number of nitrogens with zero attached hydrogens (tertiary/aromatic N) is 1. The van der Waals surface area contributed by atoms with Crippen molar-refractivity contribution in [3.63, 3.8) is 0 Å². The molecule has 10 nitrogen and oxygen atoms in total. The van der Waals surface area contributed by atoms with E-state index in [0.717, 1.165) is 51.4 Å². The van der Waals surface area contributed by atoms with Crippen molar-refractivity contribution in [2.45, 2.75) is 101 Å². The largest absolute Gasteiger partial charge is 0.481 e. The fourth-order valence-electron chi connectivity index (χ4n) is 6.02. The molecule has 0 bridgehead atoms. The number of amides is 3. The lowest BCUT2D eigenvalue weighted by Gasteiger charge is -2.28. The number of aliphatic hydroxyl groups is 1. The van der Waals surface area contributed by atoms with Crippen LogP contribution in [-0.4, -0.2) is 69.8 Å². The standard InChI is InChI=1S/C25H39N3O7/c26-22(30)21-12-17(29)13-28(21)23(31)20(27-25(34)35-18-9-15-8-16(15)10-18)7-5-3-1-2-4-6-14-11-19(14)24(32)33/h14-21,29H,1-13H2,(H2,26,30)(H,27,34)(H,32,33)/t14-,15-,16+,17-,18?,19+,20+,21+/m1/s1. The molecule has 5 N–H and O–H groups in total. The number of hydrogen-bond donors (Lipinski definition) is 4. The molecule has 35 heavy (non-hydrogen) atoms. The number of carboxylic acid groups (broad SMARTS) is 1. The number of hydrogen-bond acceptors (Lipinski definition) is 6. The number of carbonyl (C=O) groups is 4. The summed E-state index contributed by atoms with van der Waals surface area (Å²) in [5.41, 5.74) is 5.45. The van der Waals surface area contributed by atoms with E-state index in [4.69, 9.17) is 15.6 Å². The second-order valence-electron chi connectivity index (χ2n) is 11.0. The summed E-state index contributed by atoms with van der Waals surface area (Å²) in [4.78, 5) is 49.8. The first kappa shape index (κ1) is 25.7. The third kappa shape index (κ3) is 6.86. The summed E-state index contributed by atoms with van der Waals surface area (Å²) >= 11 is 0. The van der Waals surface area contributed by atoms with Crippen molar-refractivity contribution in [1.82, 2.24) is 10.2 Å². The second kappa shape index (κ2) is 11.1. The van der Waals surface area contributed by atoms with E-state index in [9.17, 15) is 24.3 Å². The number of carboxylic acids is 1. The first-order chi connectivity index (χ1) is 16.7. The Bertz CT molecular complexity index is 811. The van der Waals surface area contributed by atoms with Gasteiger partial charge in [-0.1, -0.05) is 32.1 Å². The molecule has 0 aromatic carbocycles. The molecule has 4 aliphatic rings. The fourth-order valence-corrected chi connectivity index (χ4v) is 6.02. The molecule has 8 atom stereocenters. The molecule has 3 aliphatic carbocycles. The number of ether oxygens (including phenoxy) is 1. The van der Waals surface area contributed by atoms with Gasteiger partial charge in [-0.05, 0) is 56.3 Å². The Hall–Kier alpha value is -2.36. The van der Waals surface area contributed by atoms with Crippen LogP contribution in [0.1, 0.15) is 77.0 Å². The smallest absolute Gasteiger partial charge is 0.408 e. The minimum absolute atomic E-state index is 0.0180. The molecule has 3 saturated carbocycles. The highest BCUT2D eigenvalue weighted by Crippen LogP contribution is 2.52. The number of primary amides is 1. The highest BCUT2D eigenvalue weighted by molar-refractivity contribution is 5.91. The lowest BCUT2D eigenvalue weighted by atomic mass is 10.0. The lowest BCUT2D eigenvalue weighted by molar-refractivity contribution is -0.139. The normalized spacial score (nSPS) is 33.6. The number of unbranched alkanes of at least 4 members (excludes halogenated alkanes) is 4. The van der Waals surface area contributed by atoms with Crippen molar-refractivity contribution in [1.29, 1.82) is 0 Å². The van der Waals surface area contributed by atoms with Crippen LogP contribution in [0.15, 0.2) is 0 Å². The molecule has 0 aromatic heterocycles. The van der Waals surface area contributed by atoms with E-state index in [-0.39, 0.29) is 25.0 Å². The van der Waals surface area contributed by atoms with Crippen LogP contribution in [0.3, 0.4) is 0 Å². The first-order valence-electron chi connectivity index (χ1n) is 13.2. The number of β-amino-alcohol motifs (C(OH)–C–C–N with tert-alkyl or cyclic N) is 1. The molecular weight excluding hydrogens is 454 g/mol. The number of rotatable bonds is 13. The number of likely N-dealkylation sites (tertiary alicyclic amines) is 1. The summed E-state index contributed by atoms with van der Waals surface area (Å²) in [7, 11) is 0. The maximum atomic E-state index is 13.3. The van der Waals surface area contributed by atoms with Gasteiger partial charge in [0.05, 0.1) is 12.0 Å². The molecule has 1 heterocycles. The van der Waals surface area contributed by atoms with E-state index in [1.54, 1.807) is 0 Å². The predicted molar refractivity (Wildman–Crippen MR) is 125 cm³/mol. The van der Waals surface area contributed by atoms with E-state index in [1.807, 2.05) is 0 Å². The Morgan fingerprint density at radius 1 is 0.971 bits per heavy atom. The van der Waals surface area contributed by atoms with Gasteiger partial charge in [-0.15, -0.1) is 0 Å². The Labute approximate surface area is 205 Å². The molecule has 196 valence electrons. The molecule has 10 heteroatoms. The number of aliphatic carboxylic acids is 1. The molecule has 1 saturated heterocycles. The van der Waals surface area contributed by atoms with Gasteiger partial charge in [0.25, 0.3) is 0 Å². The van der Waals surface area contributed by atoms with Gasteiger partial charge in [0.1, 0.15) is 18.2 Å². The quantitative estimate of drug-likeness (QED) is 0.285. The minimum atomic E-state index is -0.878. The first-order valence-corrected chi connectivity index (χ1v) is 13.2. The second-order valence-corrected chi connectivity index (χ2v) is 11.0. The zero-order valence-electron chi connectivity index (χ0n) is 20.3. The monoisotopic (exact) mass is 493 g/mol. The van der Waals surface area contributed by atoms with Crippen LogP contribution in [-0.2, 0) is 19.1 Å². The average Bonchev–Trinajstić information content (AvgIpc) is 3.66. The van der Waals surface area contributed by atoms with Gasteiger partial charge in [0.2, 0.25) is 11.8 Å². The topological polar surface area (TPSA) is 159 Å². The van der Waals surface area contributed by atoms with Crippen molar-refractivity contribution in [3.05, 3.63) is 0 Å². The van der Waals surface area contributed by atoms with Crippen LogP contribution >= 0.6 is 0 Å². The highest BCUT2D eigenvalue weighted by Gasteiger charge is 2.47. The average molecular weight is 494 g/mol. The highest BCUT2D eigenvalue weighted by atomic mass is 16.6. The number of nitrogens with one attached hydrogen (secondary N) is 1. The van der Waals surface area contributed by atoms with Crippen LogP contribution in [0.25, 0.3) is 0 Å². The van der Waals surface area contributed by atoms with Gasteiger partial charge in [0, 0.05) is 13.0 Å². The zero-order valence-corrected chi connectivity index (χ0v) is 20.3. The van der Waals surface area contributed by atoms with Crippen molar-refractivity contribution in [2.24, 2.45) is 29.4 Å². The third-order valence-electron chi connectivity index (χ3n) is 8.26. The Balaban J connectivity index is 1.22. The maximum Gasteiger partial charge on any atom is 0.408 e. The van der Waals surface area contributed by atoms with Gasteiger partial charge < -0.3 is 30.9 Å². The summed E-state index contributed by atoms with van der Waals surface area (Å²) in [6.45, 7) is 0.0180. The summed E-state index contributed by atoms with van der Waals surface area (Å²) in [6, 6.07) is -1.72.